The molecule has 4 aliphatic rings. The number of piperidine rings is 2. The van der Waals surface area contributed by atoms with Gasteiger partial charge in [-0.2, -0.15) is 0 Å². The normalized spacial score (nSPS) is 66.0. The van der Waals surface area contributed by atoms with E-state index in [1.54, 1.807) is 0 Å². The Bertz CT molecular complexity index is 187. The van der Waals surface area contributed by atoms with E-state index in [0.29, 0.717) is 0 Å². The monoisotopic (exact) mass is 194 g/mol. The minimum atomic E-state index is 0.819. The summed E-state index contributed by atoms with van der Waals surface area (Å²) in [7, 11) is 0. The Balaban J connectivity index is 1.98. The fourth-order valence-electron chi connectivity index (χ4n) is 4.34. The van der Waals surface area contributed by atoms with E-state index in [2.05, 4.69) is 37.5 Å². The van der Waals surface area contributed by atoms with Gasteiger partial charge in [0, 0.05) is 24.2 Å². The van der Waals surface area contributed by atoms with E-state index in [9.17, 15) is 0 Å². The summed E-state index contributed by atoms with van der Waals surface area (Å²) in [5.74, 6) is 1.86. The number of nitrogens with zero attached hydrogens (tertiary/aromatic N) is 2. The lowest BCUT2D eigenvalue weighted by Crippen LogP contribution is -2.74. The van der Waals surface area contributed by atoms with Crippen LogP contribution in [-0.4, -0.2) is 40.6 Å². The van der Waals surface area contributed by atoms with Gasteiger partial charge in [0.1, 0.15) is 0 Å². The molecule has 4 atom stereocenters. The lowest BCUT2D eigenvalue weighted by Gasteiger charge is -2.66. The molecule has 4 aliphatic heterocycles. The van der Waals surface area contributed by atoms with Crippen molar-refractivity contribution in [1.82, 2.24) is 9.80 Å². The average Bonchev–Trinajstić information content (AvgIpc) is 2.13. The van der Waals surface area contributed by atoms with Gasteiger partial charge in [-0.15, -0.1) is 0 Å². The third-order valence-electron chi connectivity index (χ3n) is 5.44. The van der Waals surface area contributed by atoms with Crippen molar-refractivity contribution in [3.63, 3.8) is 0 Å². The summed E-state index contributed by atoms with van der Waals surface area (Å²) in [6.45, 7) is 10.9. The highest BCUT2D eigenvalue weighted by Gasteiger charge is 2.54. The molecule has 0 radical (unpaired) electrons. The van der Waals surface area contributed by atoms with Gasteiger partial charge in [-0.05, 0) is 46.0 Å². The Morgan fingerprint density at radius 3 is 1.43 bits per heavy atom. The van der Waals surface area contributed by atoms with Crippen LogP contribution in [0.1, 0.15) is 34.1 Å². The van der Waals surface area contributed by atoms with Crippen LogP contribution in [0.5, 0.6) is 0 Å². The van der Waals surface area contributed by atoms with E-state index in [1.165, 1.54) is 13.1 Å². The van der Waals surface area contributed by atoms with Gasteiger partial charge in [0.2, 0.25) is 0 Å². The molecule has 0 aromatic rings. The molecule has 2 heteroatoms. The molecule has 4 bridgehead atoms. The average molecular weight is 194 g/mol. The van der Waals surface area contributed by atoms with Crippen molar-refractivity contribution in [2.75, 3.05) is 6.67 Å². The molecule has 0 amide bonds. The molecule has 0 aliphatic carbocycles. The third-order valence-corrected chi connectivity index (χ3v) is 5.44. The Hall–Kier alpha value is -0.0800. The van der Waals surface area contributed by atoms with Gasteiger partial charge in [0.25, 0.3) is 0 Å². The lowest BCUT2D eigenvalue weighted by molar-refractivity contribution is -0.187. The van der Waals surface area contributed by atoms with Crippen molar-refractivity contribution in [2.24, 2.45) is 11.8 Å². The Kier molecular flexibility index (Phi) is 1.79. The maximum Gasteiger partial charge on any atom is 0.0517 e. The molecule has 0 N–H and O–H groups in total. The van der Waals surface area contributed by atoms with E-state index >= 15 is 0 Å². The summed E-state index contributed by atoms with van der Waals surface area (Å²) in [4.78, 5) is 5.44. The highest BCUT2D eigenvalue weighted by atomic mass is 15.4. The molecule has 80 valence electrons. The number of rotatable bonds is 0. The van der Waals surface area contributed by atoms with Crippen molar-refractivity contribution in [3.05, 3.63) is 0 Å². The topological polar surface area (TPSA) is 6.48 Å². The molecular weight excluding hydrogens is 172 g/mol. The number of hydrogen-bond donors (Lipinski definition) is 0. The van der Waals surface area contributed by atoms with Crippen LogP contribution in [0.4, 0.5) is 0 Å². The van der Waals surface area contributed by atoms with Crippen molar-refractivity contribution >= 4 is 0 Å². The fraction of sp³-hybridized carbons (Fsp3) is 1.00. The van der Waals surface area contributed by atoms with Gasteiger partial charge in [0.15, 0.2) is 0 Å². The zero-order valence-electron chi connectivity index (χ0n) is 9.77. The molecule has 4 heterocycles. The summed E-state index contributed by atoms with van der Waals surface area (Å²) in [5, 5.41) is 0. The van der Waals surface area contributed by atoms with Crippen LogP contribution in [0, 0.1) is 11.8 Å². The maximum absolute atomic E-state index is 2.72. The standard InChI is InChI=1S/C12H22N2/c1-7-11-5-12-9(3)13(7)6-14(8(11)2)10(12)4/h7-12H,5-6H2,1-4H3. The summed E-state index contributed by atoms with van der Waals surface area (Å²) in [5.41, 5.74) is 0. The predicted molar refractivity (Wildman–Crippen MR) is 58.0 cm³/mol. The van der Waals surface area contributed by atoms with E-state index in [4.69, 9.17) is 0 Å². The molecule has 14 heavy (non-hydrogen) atoms. The largest absolute Gasteiger partial charge is 0.284 e. The summed E-state index contributed by atoms with van der Waals surface area (Å²) in [6, 6.07) is 3.28. The zero-order valence-corrected chi connectivity index (χ0v) is 9.77. The highest BCUT2D eigenvalue weighted by molar-refractivity contribution is 5.07. The Morgan fingerprint density at radius 2 is 1.07 bits per heavy atom. The van der Waals surface area contributed by atoms with E-state index < -0.39 is 0 Å². The first-order valence-electron chi connectivity index (χ1n) is 6.12. The van der Waals surface area contributed by atoms with Crippen LogP contribution < -0.4 is 0 Å². The van der Waals surface area contributed by atoms with Crippen molar-refractivity contribution in [1.29, 1.82) is 0 Å². The van der Waals surface area contributed by atoms with Crippen LogP contribution in [0.15, 0.2) is 0 Å². The first kappa shape index (κ1) is 9.17. The molecule has 4 fully saturated rings. The first-order chi connectivity index (χ1) is 6.61. The van der Waals surface area contributed by atoms with Gasteiger partial charge in [0.05, 0.1) is 6.67 Å². The van der Waals surface area contributed by atoms with Crippen molar-refractivity contribution in [2.45, 2.75) is 58.3 Å². The smallest absolute Gasteiger partial charge is 0.0517 e. The summed E-state index contributed by atoms with van der Waals surface area (Å²) < 4.78 is 0. The van der Waals surface area contributed by atoms with Gasteiger partial charge in [-0.1, -0.05) is 0 Å². The van der Waals surface area contributed by atoms with Gasteiger partial charge in [-0.3, -0.25) is 9.80 Å². The lowest BCUT2D eigenvalue weighted by atomic mass is 9.67. The molecule has 2 nitrogen and oxygen atoms in total. The molecule has 4 unspecified atom stereocenters. The fourth-order valence-corrected chi connectivity index (χ4v) is 4.34. The quantitative estimate of drug-likeness (QED) is 0.580. The maximum atomic E-state index is 2.72. The van der Waals surface area contributed by atoms with E-state index in [0.717, 1.165) is 36.0 Å². The van der Waals surface area contributed by atoms with Crippen LogP contribution in [0.25, 0.3) is 0 Å². The van der Waals surface area contributed by atoms with Gasteiger partial charge >= 0.3 is 0 Å². The first-order valence-corrected chi connectivity index (χ1v) is 6.12. The predicted octanol–water partition coefficient (Wildman–Crippen LogP) is 1.77. The Morgan fingerprint density at radius 1 is 0.714 bits per heavy atom. The summed E-state index contributed by atoms with van der Waals surface area (Å²) in [6.07, 6.45) is 1.47. The second-order valence-electron chi connectivity index (χ2n) is 5.70. The molecule has 0 saturated carbocycles. The second-order valence-corrected chi connectivity index (χ2v) is 5.70. The minimum Gasteiger partial charge on any atom is -0.284 e. The third kappa shape index (κ3) is 0.892. The molecule has 0 spiro atoms. The van der Waals surface area contributed by atoms with Crippen molar-refractivity contribution in [3.8, 4) is 0 Å². The second kappa shape index (κ2) is 2.73. The minimum absolute atomic E-state index is 0.819. The highest BCUT2D eigenvalue weighted by Crippen LogP contribution is 2.47. The zero-order chi connectivity index (χ0) is 10.0. The van der Waals surface area contributed by atoms with Crippen LogP contribution in [0.2, 0.25) is 0 Å². The molecule has 4 saturated heterocycles. The molecule has 0 aromatic heterocycles. The van der Waals surface area contributed by atoms with Crippen LogP contribution >= 0.6 is 0 Å². The Labute approximate surface area is 87.3 Å². The van der Waals surface area contributed by atoms with Crippen LogP contribution in [0.3, 0.4) is 0 Å². The van der Waals surface area contributed by atoms with E-state index in [-0.39, 0.29) is 0 Å². The molecule has 4 rings (SSSR count). The van der Waals surface area contributed by atoms with Crippen LogP contribution in [-0.2, 0) is 0 Å². The number of hydrogen-bond acceptors (Lipinski definition) is 2. The molecular formula is C12H22N2. The SMILES string of the molecule is CC1C2CC3C(C)N1CN(C2C)C3C. The molecule has 0 aromatic carbocycles. The van der Waals surface area contributed by atoms with Gasteiger partial charge < -0.3 is 0 Å². The van der Waals surface area contributed by atoms with E-state index in [1.807, 2.05) is 0 Å². The van der Waals surface area contributed by atoms with Gasteiger partial charge in [-0.25, -0.2) is 0 Å². The summed E-state index contributed by atoms with van der Waals surface area (Å²) >= 11 is 0. The van der Waals surface area contributed by atoms with Crippen molar-refractivity contribution < 1.29 is 0 Å².